The van der Waals surface area contributed by atoms with E-state index in [2.05, 4.69) is 0 Å². The molecule has 0 unspecified atom stereocenters. The third-order valence-electron chi connectivity index (χ3n) is 2.07. The first-order chi connectivity index (χ1) is 7.65. The van der Waals surface area contributed by atoms with Gasteiger partial charge in [0.05, 0.1) is 17.6 Å². The lowest BCUT2D eigenvalue weighted by Gasteiger charge is -2.05. The first kappa shape index (κ1) is 12.0. The second-order valence-electron chi connectivity index (χ2n) is 3.32. The second-order valence-corrected chi connectivity index (χ2v) is 3.32. The molecule has 0 saturated heterocycles. The van der Waals surface area contributed by atoms with Crippen LogP contribution in [0, 0.1) is 28.4 Å². The SMILES string of the molecule is Cc1cc(OCCCC#N)ccc1[N+](=O)[O-]. The van der Waals surface area contributed by atoms with E-state index in [9.17, 15) is 10.1 Å². The van der Waals surface area contributed by atoms with Crippen molar-refractivity contribution in [3.63, 3.8) is 0 Å². The maximum Gasteiger partial charge on any atom is 0.272 e. The molecule has 0 aliphatic heterocycles. The zero-order valence-corrected chi connectivity index (χ0v) is 8.97. The number of hydrogen-bond acceptors (Lipinski definition) is 4. The van der Waals surface area contributed by atoms with E-state index in [4.69, 9.17) is 10.00 Å². The Hall–Kier alpha value is -2.09. The van der Waals surface area contributed by atoms with Gasteiger partial charge in [-0.15, -0.1) is 0 Å². The van der Waals surface area contributed by atoms with E-state index in [-0.39, 0.29) is 5.69 Å². The van der Waals surface area contributed by atoms with Crippen LogP contribution in [0.1, 0.15) is 18.4 Å². The third kappa shape index (κ3) is 3.24. The number of hydrogen-bond donors (Lipinski definition) is 0. The second kappa shape index (κ2) is 5.71. The highest BCUT2D eigenvalue weighted by Crippen LogP contribution is 2.23. The minimum Gasteiger partial charge on any atom is -0.494 e. The molecular weight excluding hydrogens is 208 g/mol. The molecular formula is C11H12N2O3. The molecule has 0 aromatic heterocycles. The van der Waals surface area contributed by atoms with Crippen LogP contribution in [0.2, 0.25) is 0 Å². The van der Waals surface area contributed by atoms with Crippen molar-refractivity contribution in [1.29, 1.82) is 5.26 Å². The third-order valence-corrected chi connectivity index (χ3v) is 2.07. The number of unbranched alkanes of at least 4 members (excludes halogenated alkanes) is 1. The van der Waals surface area contributed by atoms with E-state index in [0.29, 0.717) is 30.8 Å². The van der Waals surface area contributed by atoms with Crippen LogP contribution in [-0.4, -0.2) is 11.5 Å². The molecule has 1 rings (SSSR count). The summed E-state index contributed by atoms with van der Waals surface area (Å²) in [4.78, 5) is 10.1. The van der Waals surface area contributed by atoms with Gasteiger partial charge in [-0.05, 0) is 25.5 Å². The van der Waals surface area contributed by atoms with Gasteiger partial charge in [0, 0.05) is 18.1 Å². The maximum absolute atomic E-state index is 10.6. The topological polar surface area (TPSA) is 76.2 Å². The van der Waals surface area contributed by atoms with Crippen molar-refractivity contribution in [3.05, 3.63) is 33.9 Å². The monoisotopic (exact) mass is 220 g/mol. The highest BCUT2D eigenvalue weighted by Gasteiger charge is 2.10. The summed E-state index contributed by atoms with van der Waals surface area (Å²) in [7, 11) is 0. The summed E-state index contributed by atoms with van der Waals surface area (Å²) in [5.41, 5.74) is 0.659. The molecule has 84 valence electrons. The average Bonchev–Trinajstić information content (AvgIpc) is 2.24. The first-order valence-corrected chi connectivity index (χ1v) is 4.90. The normalized spacial score (nSPS) is 9.50. The quantitative estimate of drug-likeness (QED) is 0.434. The van der Waals surface area contributed by atoms with Crippen LogP contribution in [-0.2, 0) is 0 Å². The molecule has 0 fully saturated rings. The van der Waals surface area contributed by atoms with Crippen molar-refractivity contribution in [2.45, 2.75) is 19.8 Å². The van der Waals surface area contributed by atoms with Gasteiger partial charge in [-0.25, -0.2) is 0 Å². The molecule has 5 nitrogen and oxygen atoms in total. The molecule has 0 aliphatic carbocycles. The Balaban J connectivity index is 2.60. The van der Waals surface area contributed by atoms with Gasteiger partial charge in [-0.3, -0.25) is 10.1 Å². The Morgan fingerprint density at radius 3 is 2.88 bits per heavy atom. The van der Waals surface area contributed by atoms with E-state index in [1.165, 1.54) is 6.07 Å². The van der Waals surface area contributed by atoms with Crippen molar-refractivity contribution in [1.82, 2.24) is 0 Å². The molecule has 1 aromatic rings. The van der Waals surface area contributed by atoms with Crippen LogP contribution >= 0.6 is 0 Å². The first-order valence-electron chi connectivity index (χ1n) is 4.90. The van der Waals surface area contributed by atoms with Crippen molar-refractivity contribution in [3.8, 4) is 11.8 Å². The minimum atomic E-state index is -0.422. The number of nitro benzene ring substituents is 1. The molecule has 5 heteroatoms. The zero-order valence-electron chi connectivity index (χ0n) is 8.97. The summed E-state index contributed by atoms with van der Waals surface area (Å²) in [6.45, 7) is 2.12. The van der Waals surface area contributed by atoms with Crippen molar-refractivity contribution < 1.29 is 9.66 Å². The maximum atomic E-state index is 10.6. The van der Waals surface area contributed by atoms with Gasteiger partial charge in [0.15, 0.2) is 0 Å². The van der Waals surface area contributed by atoms with Crippen LogP contribution < -0.4 is 4.74 Å². The summed E-state index contributed by atoms with van der Waals surface area (Å²) >= 11 is 0. The fraction of sp³-hybridized carbons (Fsp3) is 0.364. The van der Waals surface area contributed by atoms with Crippen LogP contribution in [0.5, 0.6) is 5.75 Å². The average molecular weight is 220 g/mol. The number of ether oxygens (including phenoxy) is 1. The summed E-state index contributed by atoms with van der Waals surface area (Å²) in [5, 5.41) is 18.9. The van der Waals surface area contributed by atoms with E-state index < -0.39 is 4.92 Å². The highest BCUT2D eigenvalue weighted by atomic mass is 16.6. The van der Waals surface area contributed by atoms with Crippen LogP contribution in [0.15, 0.2) is 18.2 Å². The van der Waals surface area contributed by atoms with E-state index in [1.54, 1.807) is 19.1 Å². The molecule has 0 spiro atoms. The predicted octanol–water partition coefficient (Wildman–Crippen LogP) is 2.59. The Morgan fingerprint density at radius 1 is 1.56 bits per heavy atom. The largest absolute Gasteiger partial charge is 0.494 e. The van der Waals surface area contributed by atoms with Crippen LogP contribution in [0.3, 0.4) is 0 Å². The Kier molecular flexibility index (Phi) is 4.28. The summed E-state index contributed by atoms with van der Waals surface area (Å²) in [6, 6.07) is 6.64. The number of benzene rings is 1. The van der Waals surface area contributed by atoms with Gasteiger partial charge >= 0.3 is 0 Å². The van der Waals surface area contributed by atoms with Crippen LogP contribution in [0.25, 0.3) is 0 Å². The minimum absolute atomic E-state index is 0.0874. The smallest absolute Gasteiger partial charge is 0.272 e. The Labute approximate surface area is 93.4 Å². The molecule has 0 heterocycles. The number of nitro groups is 1. The van der Waals surface area contributed by atoms with Crippen molar-refractivity contribution in [2.24, 2.45) is 0 Å². The van der Waals surface area contributed by atoms with Gasteiger partial charge in [-0.1, -0.05) is 0 Å². The molecule has 0 N–H and O–H groups in total. The van der Waals surface area contributed by atoms with Gasteiger partial charge in [0.1, 0.15) is 5.75 Å². The number of rotatable bonds is 5. The van der Waals surface area contributed by atoms with Crippen molar-refractivity contribution in [2.75, 3.05) is 6.61 Å². The Morgan fingerprint density at radius 2 is 2.31 bits per heavy atom. The molecule has 0 atom stereocenters. The van der Waals surface area contributed by atoms with Gasteiger partial charge in [0.2, 0.25) is 0 Å². The lowest BCUT2D eigenvalue weighted by Crippen LogP contribution is -1.98. The van der Waals surface area contributed by atoms with Gasteiger partial charge < -0.3 is 4.74 Å². The molecule has 0 saturated carbocycles. The lowest BCUT2D eigenvalue weighted by atomic mass is 10.2. The van der Waals surface area contributed by atoms with Gasteiger partial charge in [0.25, 0.3) is 5.69 Å². The lowest BCUT2D eigenvalue weighted by molar-refractivity contribution is -0.385. The summed E-state index contributed by atoms with van der Waals surface area (Å²) in [6.07, 6.45) is 1.11. The number of aryl methyl sites for hydroxylation is 1. The van der Waals surface area contributed by atoms with E-state index in [1.807, 2.05) is 6.07 Å². The standard InChI is InChI=1S/C11H12N2O3/c1-9-8-10(16-7-3-2-6-12)4-5-11(9)13(14)15/h4-5,8H,2-3,7H2,1H3. The number of nitrogens with zero attached hydrogens (tertiary/aromatic N) is 2. The highest BCUT2D eigenvalue weighted by molar-refractivity contribution is 5.44. The van der Waals surface area contributed by atoms with E-state index >= 15 is 0 Å². The fourth-order valence-corrected chi connectivity index (χ4v) is 1.26. The van der Waals surface area contributed by atoms with Crippen LogP contribution in [0.4, 0.5) is 5.69 Å². The number of nitriles is 1. The predicted molar refractivity (Wildman–Crippen MR) is 58.2 cm³/mol. The van der Waals surface area contributed by atoms with Crippen molar-refractivity contribution >= 4 is 5.69 Å². The summed E-state index contributed by atoms with van der Waals surface area (Å²) < 4.78 is 5.35. The molecule has 0 radical (unpaired) electrons. The molecule has 1 aromatic carbocycles. The zero-order chi connectivity index (χ0) is 12.0. The Bertz CT molecular complexity index is 424. The molecule has 16 heavy (non-hydrogen) atoms. The molecule has 0 aliphatic rings. The van der Waals surface area contributed by atoms with E-state index in [0.717, 1.165) is 0 Å². The molecule has 0 bridgehead atoms. The summed E-state index contributed by atoms with van der Waals surface area (Å²) in [5.74, 6) is 0.598. The molecule has 0 amide bonds. The van der Waals surface area contributed by atoms with Gasteiger partial charge in [-0.2, -0.15) is 5.26 Å². The fourth-order valence-electron chi connectivity index (χ4n) is 1.26.